The molecule has 18 heavy (non-hydrogen) atoms. The molecule has 0 unspecified atom stereocenters. The molecule has 1 aliphatic rings. The number of ether oxygens (including phenoxy) is 1. The van der Waals surface area contributed by atoms with Crippen LogP contribution in [0.1, 0.15) is 44.0 Å². The number of hydrogen-bond donors (Lipinski definition) is 2. The lowest BCUT2D eigenvalue weighted by Gasteiger charge is -2.27. The van der Waals surface area contributed by atoms with Gasteiger partial charge in [0.15, 0.2) is 0 Å². The van der Waals surface area contributed by atoms with Crippen molar-refractivity contribution in [3.8, 4) is 0 Å². The maximum atomic E-state index is 11.9. The standard InChI is InChI=1S/C13H21N3O2/c1-3-18-13(6-4-5-7-13)12-15-9-10(8-14-2)11(17)16-12/h9,14H,3-8H2,1-2H3,(H,15,16,17). The smallest absolute Gasteiger partial charge is 0.255 e. The minimum absolute atomic E-state index is 0.0691. The molecule has 1 heterocycles. The molecule has 0 saturated heterocycles. The highest BCUT2D eigenvalue weighted by Crippen LogP contribution is 2.39. The number of aromatic amines is 1. The van der Waals surface area contributed by atoms with E-state index in [2.05, 4.69) is 15.3 Å². The summed E-state index contributed by atoms with van der Waals surface area (Å²) in [6.07, 6.45) is 5.79. The first kappa shape index (κ1) is 13.2. The van der Waals surface area contributed by atoms with Crippen molar-refractivity contribution >= 4 is 0 Å². The minimum atomic E-state index is -0.369. The van der Waals surface area contributed by atoms with Crippen molar-refractivity contribution in [2.45, 2.75) is 44.8 Å². The Morgan fingerprint density at radius 1 is 1.50 bits per heavy atom. The highest BCUT2D eigenvalue weighted by Gasteiger charge is 2.38. The van der Waals surface area contributed by atoms with E-state index in [1.807, 2.05) is 14.0 Å². The van der Waals surface area contributed by atoms with E-state index in [0.717, 1.165) is 25.7 Å². The summed E-state index contributed by atoms with van der Waals surface area (Å²) in [4.78, 5) is 19.2. The SMILES string of the molecule is CCOC1(c2ncc(CNC)c(=O)[nH]2)CCCC1. The lowest BCUT2D eigenvalue weighted by molar-refractivity contribution is -0.0459. The van der Waals surface area contributed by atoms with Gasteiger partial charge in [-0.2, -0.15) is 0 Å². The van der Waals surface area contributed by atoms with Crippen LogP contribution in [0.15, 0.2) is 11.0 Å². The van der Waals surface area contributed by atoms with Crippen molar-refractivity contribution in [2.24, 2.45) is 0 Å². The van der Waals surface area contributed by atoms with Crippen LogP contribution in [0.3, 0.4) is 0 Å². The highest BCUT2D eigenvalue weighted by atomic mass is 16.5. The van der Waals surface area contributed by atoms with Crippen molar-refractivity contribution in [1.29, 1.82) is 0 Å². The van der Waals surface area contributed by atoms with Crippen LogP contribution in [-0.4, -0.2) is 23.6 Å². The van der Waals surface area contributed by atoms with Crippen molar-refractivity contribution in [2.75, 3.05) is 13.7 Å². The highest BCUT2D eigenvalue weighted by molar-refractivity contribution is 5.11. The number of nitrogens with zero attached hydrogens (tertiary/aromatic N) is 1. The van der Waals surface area contributed by atoms with Crippen LogP contribution in [0.5, 0.6) is 0 Å². The fraction of sp³-hybridized carbons (Fsp3) is 0.692. The van der Waals surface area contributed by atoms with Crippen LogP contribution >= 0.6 is 0 Å². The van der Waals surface area contributed by atoms with Crippen LogP contribution < -0.4 is 10.9 Å². The van der Waals surface area contributed by atoms with Crippen LogP contribution in [0.4, 0.5) is 0 Å². The summed E-state index contributed by atoms with van der Waals surface area (Å²) in [6, 6.07) is 0. The van der Waals surface area contributed by atoms with Gasteiger partial charge in [-0.15, -0.1) is 0 Å². The molecule has 2 rings (SSSR count). The Hall–Kier alpha value is -1.20. The summed E-state index contributed by atoms with van der Waals surface area (Å²) in [5, 5.41) is 2.96. The van der Waals surface area contributed by atoms with E-state index < -0.39 is 0 Å². The van der Waals surface area contributed by atoms with Crippen LogP contribution in [0.25, 0.3) is 0 Å². The molecule has 1 aliphatic carbocycles. The van der Waals surface area contributed by atoms with Crippen LogP contribution in [0, 0.1) is 0 Å². The van der Waals surface area contributed by atoms with E-state index in [0.29, 0.717) is 24.5 Å². The van der Waals surface area contributed by atoms with Gasteiger partial charge in [0.1, 0.15) is 11.4 Å². The van der Waals surface area contributed by atoms with Crippen molar-refractivity contribution in [3.05, 3.63) is 27.9 Å². The third-order valence-corrected chi connectivity index (χ3v) is 3.50. The molecule has 0 aromatic carbocycles. The fourth-order valence-electron chi connectivity index (χ4n) is 2.64. The topological polar surface area (TPSA) is 67.0 Å². The minimum Gasteiger partial charge on any atom is -0.367 e. The maximum Gasteiger partial charge on any atom is 0.255 e. The summed E-state index contributed by atoms with van der Waals surface area (Å²) in [5.41, 5.74) is 0.220. The van der Waals surface area contributed by atoms with Crippen LogP contribution in [-0.2, 0) is 16.9 Å². The van der Waals surface area contributed by atoms with Gasteiger partial charge in [0.25, 0.3) is 5.56 Å². The van der Waals surface area contributed by atoms with Crippen molar-refractivity contribution in [1.82, 2.24) is 15.3 Å². The molecule has 0 spiro atoms. The van der Waals surface area contributed by atoms with Gasteiger partial charge in [0.05, 0.1) is 0 Å². The molecule has 1 fully saturated rings. The molecule has 2 N–H and O–H groups in total. The number of aromatic nitrogens is 2. The predicted molar refractivity (Wildman–Crippen MR) is 69.4 cm³/mol. The molecule has 0 atom stereocenters. The molecule has 1 aromatic heterocycles. The second-order valence-electron chi connectivity index (χ2n) is 4.75. The molecule has 5 nitrogen and oxygen atoms in total. The van der Waals surface area contributed by atoms with Gasteiger partial charge in [0.2, 0.25) is 0 Å². The molecular weight excluding hydrogens is 230 g/mol. The number of hydrogen-bond acceptors (Lipinski definition) is 4. The molecule has 0 bridgehead atoms. The van der Waals surface area contributed by atoms with Gasteiger partial charge < -0.3 is 15.0 Å². The lowest BCUT2D eigenvalue weighted by atomic mass is 10.0. The average Bonchev–Trinajstić information content (AvgIpc) is 2.82. The molecule has 1 aromatic rings. The average molecular weight is 251 g/mol. The molecular formula is C13H21N3O2. The lowest BCUT2D eigenvalue weighted by Crippen LogP contribution is -2.32. The molecule has 1 saturated carbocycles. The first-order valence-electron chi connectivity index (χ1n) is 6.59. The van der Waals surface area contributed by atoms with Gasteiger partial charge >= 0.3 is 0 Å². The summed E-state index contributed by atoms with van der Waals surface area (Å²) in [6.45, 7) is 3.15. The third-order valence-electron chi connectivity index (χ3n) is 3.50. The number of nitrogens with one attached hydrogen (secondary N) is 2. The normalized spacial score (nSPS) is 18.1. The Bertz CT molecular complexity index is 450. The zero-order valence-electron chi connectivity index (χ0n) is 11.1. The molecule has 0 aliphatic heterocycles. The van der Waals surface area contributed by atoms with Crippen molar-refractivity contribution in [3.63, 3.8) is 0 Å². The number of H-pyrrole nitrogens is 1. The van der Waals surface area contributed by atoms with Gasteiger partial charge in [-0.25, -0.2) is 4.98 Å². The summed E-state index contributed by atoms with van der Waals surface area (Å²) in [5.74, 6) is 0.687. The van der Waals surface area contributed by atoms with Gasteiger partial charge in [-0.3, -0.25) is 4.79 Å². The number of rotatable bonds is 5. The Morgan fingerprint density at radius 3 is 2.78 bits per heavy atom. The first-order chi connectivity index (χ1) is 8.72. The van der Waals surface area contributed by atoms with E-state index in [9.17, 15) is 4.79 Å². The fourth-order valence-corrected chi connectivity index (χ4v) is 2.64. The second kappa shape index (κ2) is 5.63. The maximum absolute atomic E-state index is 11.9. The first-order valence-corrected chi connectivity index (χ1v) is 6.59. The summed E-state index contributed by atoms with van der Waals surface area (Å²) >= 11 is 0. The summed E-state index contributed by atoms with van der Waals surface area (Å²) < 4.78 is 5.88. The van der Waals surface area contributed by atoms with Gasteiger partial charge in [-0.1, -0.05) is 0 Å². The Balaban J connectivity index is 2.31. The molecule has 0 amide bonds. The largest absolute Gasteiger partial charge is 0.367 e. The van der Waals surface area contributed by atoms with Crippen LogP contribution in [0.2, 0.25) is 0 Å². The zero-order chi connectivity index (χ0) is 13.0. The quantitative estimate of drug-likeness (QED) is 0.827. The van der Waals surface area contributed by atoms with Crippen molar-refractivity contribution < 1.29 is 4.74 Å². The van der Waals surface area contributed by atoms with E-state index >= 15 is 0 Å². The van der Waals surface area contributed by atoms with E-state index in [-0.39, 0.29) is 11.2 Å². The third kappa shape index (κ3) is 2.47. The Kier molecular flexibility index (Phi) is 4.14. The molecule has 100 valence electrons. The summed E-state index contributed by atoms with van der Waals surface area (Å²) in [7, 11) is 1.81. The second-order valence-corrected chi connectivity index (χ2v) is 4.75. The Labute approximate surface area is 107 Å². The monoisotopic (exact) mass is 251 g/mol. The van der Waals surface area contributed by atoms with Gasteiger partial charge in [0, 0.05) is 24.9 Å². The van der Waals surface area contributed by atoms with E-state index in [1.54, 1.807) is 6.20 Å². The molecule has 5 heteroatoms. The predicted octanol–water partition coefficient (Wildman–Crippen LogP) is 1.30. The van der Waals surface area contributed by atoms with E-state index in [1.165, 1.54) is 0 Å². The zero-order valence-corrected chi connectivity index (χ0v) is 11.1. The van der Waals surface area contributed by atoms with Gasteiger partial charge in [-0.05, 0) is 39.7 Å². The molecule has 0 radical (unpaired) electrons. The van der Waals surface area contributed by atoms with E-state index in [4.69, 9.17) is 4.74 Å². The Morgan fingerprint density at radius 2 is 2.22 bits per heavy atom.